The number of amides is 1. The average molecular weight is 296 g/mol. The molecule has 3 rings (SSSR count). The molecule has 0 unspecified atom stereocenters. The Kier molecular flexibility index (Phi) is 4.38. The highest BCUT2D eigenvalue weighted by Crippen LogP contribution is 2.22. The van der Waals surface area contributed by atoms with Crippen LogP contribution in [0.2, 0.25) is 0 Å². The quantitative estimate of drug-likeness (QED) is 0.800. The van der Waals surface area contributed by atoms with E-state index in [1.807, 2.05) is 4.90 Å². The molecule has 1 aliphatic heterocycles. The van der Waals surface area contributed by atoms with Gasteiger partial charge in [-0.25, -0.2) is 4.98 Å². The van der Waals surface area contributed by atoms with Crippen LogP contribution in [-0.2, 0) is 4.79 Å². The van der Waals surface area contributed by atoms with E-state index >= 15 is 0 Å². The maximum Gasteiger partial charge on any atom is 0.223 e. The first-order valence-electron chi connectivity index (χ1n) is 7.82. The highest BCUT2D eigenvalue weighted by atomic mass is 16.2. The fourth-order valence-electron chi connectivity index (χ4n) is 3.06. The fraction of sp³-hybridized carbons (Fsp3) is 0.471. The highest BCUT2D eigenvalue weighted by Gasteiger charge is 2.24. The second kappa shape index (κ2) is 6.61. The zero-order chi connectivity index (χ0) is 15.4. The predicted octanol–water partition coefficient (Wildman–Crippen LogP) is 1.96. The molecule has 0 saturated carbocycles. The largest absolute Gasteiger partial charge is 0.353 e. The number of nitrogens with zero attached hydrogens (tertiary/aromatic N) is 4. The molecule has 0 spiro atoms. The zero-order valence-corrected chi connectivity index (χ0v) is 12.6. The lowest BCUT2D eigenvalue weighted by Gasteiger charge is -2.35. The smallest absolute Gasteiger partial charge is 0.223 e. The summed E-state index contributed by atoms with van der Waals surface area (Å²) in [5, 5.41) is 8.96. The third-order valence-corrected chi connectivity index (χ3v) is 4.38. The summed E-state index contributed by atoms with van der Waals surface area (Å²) in [5.74, 6) is 1.51. The van der Waals surface area contributed by atoms with Gasteiger partial charge in [-0.2, -0.15) is 5.26 Å². The van der Waals surface area contributed by atoms with Crippen molar-refractivity contribution in [1.29, 1.82) is 5.26 Å². The summed E-state index contributed by atoms with van der Waals surface area (Å²) in [6.07, 6.45) is 8.86. The third kappa shape index (κ3) is 3.28. The first kappa shape index (κ1) is 14.6. The Hall–Kier alpha value is -2.35. The lowest BCUT2D eigenvalue weighted by atomic mass is 10.0. The van der Waals surface area contributed by atoms with E-state index in [9.17, 15) is 4.79 Å². The van der Waals surface area contributed by atoms with E-state index in [1.165, 1.54) is 0 Å². The van der Waals surface area contributed by atoms with Gasteiger partial charge in [0.15, 0.2) is 0 Å². The Morgan fingerprint density at radius 3 is 2.86 bits per heavy atom. The molecule has 0 bridgehead atoms. The van der Waals surface area contributed by atoms with Gasteiger partial charge in [-0.15, -0.1) is 0 Å². The second-order valence-corrected chi connectivity index (χ2v) is 5.85. The first-order valence-corrected chi connectivity index (χ1v) is 7.82. The summed E-state index contributed by atoms with van der Waals surface area (Å²) in [5.41, 5.74) is 0.622. The second-order valence-electron chi connectivity index (χ2n) is 5.85. The van der Waals surface area contributed by atoms with Crippen molar-refractivity contribution in [3.8, 4) is 6.07 Å². The Balaban J connectivity index is 1.54. The van der Waals surface area contributed by atoms with Crippen LogP contribution in [0.4, 0.5) is 5.82 Å². The van der Waals surface area contributed by atoms with Crippen molar-refractivity contribution in [2.45, 2.75) is 19.3 Å². The molecule has 1 aromatic rings. The fourth-order valence-corrected chi connectivity index (χ4v) is 3.06. The first-order chi connectivity index (χ1) is 10.8. The molecule has 1 atom stereocenters. The maximum atomic E-state index is 12.3. The minimum Gasteiger partial charge on any atom is -0.353 e. The van der Waals surface area contributed by atoms with E-state index in [0.29, 0.717) is 17.9 Å². The molecule has 5 heteroatoms. The number of anilines is 1. The number of carbonyl (C=O) groups excluding carboxylic acids is 1. The zero-order valence-electron chi connectivity index (χ0n) is 12.6. The number of rotatable bonds is 3. The lowest BCUT2D eigenvalue weighted by Crippen LogP contribution is -2.49. The summed E-state index contributed by atoms with van der Waals surface area (Å²) < 4.78 is 0. The van der Waals surface area contributed by atoms with Crippen molar-refractivity contribution in [3.63, 3.8) is 0 Å². The summed E-state index contributed by atoms with van der Waals surface area (Å²) in [6.45, 7) is 3.00. The van der Waals surface area contributed by atoms with Gasteiger partial charge in [0.25, 0.3) is 0 Å². The van der Waals surface area contributed by atoms with Crippen molar-refractivity contribution < 1.29 is 4.79 Å². The molecule has 5 nitrogen and oxygen atoms in total. The molecule has 1 amide bonds. The van der Waals surface area contributed by atoms with E-state index in [0.717, 1.165) is 44.8 Å². The van der Waals surface area contributed by atoms with Crippen LogP contribution in [0.25, 0.3) is 0 Å². The molecule has 1 aliphatic carbocycles. The van der Waals surface area contributed by atoms with Crippen molar-refractivity contribution in [2.24, 2.45) is 5.92 Å². The predicted molar refractivity (Wildman–Crippen MR) is 84.2 cm³/mol. The van der Waals surface area contributed by atoms with E-state index in [-0.39, 0.29) is 5.91 Å². The molecular weight excluding hydrogens is 276 g/mol. The summed E-state index contributed by atoms with van der Waals surface area (Å²) in [7, 11) is 0. The van der Waals surface area contributed by atoms with Crippen LogP contribution in [0.3, 0.4) is 0 Å². The van der Waals surface area contributed by atoms with E-state index in [2.05, 4.69) is 28.1 Å². The molecule has 0 aromatic carbocycles. The Labute approximate surface area is 130 Å². The van der Waals surface area contributed by atoms with Crippen LogP contribution in [0.1, 0.15) is 24.8 Å². The van der Waals surface area contributed by atoms with Crippen molar-refractivity contribution in [3.05, 3.63) is 36.0 Å². The van der Waals surface area contributed by atoms with Gasteiger partial charge in [0, 0.05) is 38.8 Å². The lowest BCUT2D eigenvalue weighted by molar-refractivity contribution is -0.132. The normalized spacial score (nSPS) is 21.0. The molecule has 22 heavy (non-hydrogen) atoms. The maximum absolute atomic E-state index is 12.3. The number of pyridine rings is 1. The number of piperazine rings is 1. The van der Waals surface area contributed by atoms with E-state index in [1.54, 1.807) is 18.3 Å². The summed E-state index contributed by atoms with van der Waals surface area (Å²) >= 11 is 0. The van der Waals surface area contributed by atoms with Crippen LogP contribution in [-0.4, -0.2) is 42.0 Å². The van der Waals surface area contributed by atoms with Crippen molar-refractivity contribution in [2.75, 3.05) is 31.1 Å². The minimum atomic E-state index is 0.259. The van der Waals surface area contributed by atoms with Crippen LogP contribution in [0.15, 0.2) is 30.5 Å². The number of nitriles is 1. The van der Waals surface area contributed by atoms with Gasteiger partial charge in [0.2, 0.25) is 5.91 Å². The summed E-state index contributed by atoms with van der Waals surface area (Å²) in [4.78, 5) is 20.7. The van der Waals surface area contributed by atoms with Gasteiger partial charge in [-0.1, -0.05) is 12.2 Å². The Bertz CT molecular complexity index is 611. The molecular formula is C17H20N4O. The SMILES string of the molecule is N#Cc1ccnc(N2CCN(C(=O)C[C@@H]3C=CCC3)CC2)c1. The number of carbonyl (C=O) groups is 1. The standard InChI is InChI=1S/C17H20N4O/c18-13-15-5-6-19-16(11-15)20-7-9-21(10-8-20)17(22)12-14-3-1-2-4-14/h1,3,5-6,11,14H,2,4,7-10,12H2/t14-/m1/s1. The van der Waals surface area contributed by atoms with Crippen molar-refractivity contribution in [1.82, 2.24) is 9.88 Å². The Morgan fingerprint density at radius 2 is 2.18 bits per heavy atom. The van der Waals surface area contributed by atoms with Crippen LogP contribution >= 0.6 is 0 Å². The number of hydrogen-bond acceptors (Lipinski definition) is 4. The molecule has 0 N–H and O–H groups in total. The number of aromatic nitrogens is 1. The Morgan fingerprint density at radius 1 is 1.36 bits per heavy atom. The van der Waals surface area contributed by atoms with E-state index in [4.69, 9.17) is 5.26 Å². The van der Waals surface area contributed by atoms with Crippen LogP contribution < -0.4 is 4.90 Å². The summed E-state index contributed by atoms with van der Waals surface area (Å²) in [6, 6.07) is 5.65. The average Bonchev–Trinajstić information content (AvgIpc) is 3.08. The topological polar surface area (TPSA) is 60.2 Å². The van der Waals surface area contributed by atoms with Gasteiger partial charge in [0.05, 0.1) is 11.6 Å². The van der Waals surface area contributed by atoms with Gasteiger partial charge in [0.1, 0.15) is 5.82 Å². The third-order valence-electron chi connectivity index (χ3n) is 4.38. The van der Waals surface area contributed by atoms with Gasteiger partial charge in [-0.3, -0.25) is 4.79 Å². The van der Waals surface area contributed by atoms with Gasteiger partial charge >= 0.3 is 0 Å². The number of allylic oxidation sites excluding steroid dienone is 2. The molecule has 0 radical (unpaired) electrons. The van der Waals surface area contributed by atoms with E-state index < -0.39 is 0 Å². The highest BCUT2D eigenvalue weighted by molar-refractivity contribution is 5.77. The minimum absolute atomic E-state index is 0.259. The van der Waals surface area contributed by atoms with Crippen LogP contribution in [0, 0.1) is 17.2 Å². The van der Waals surface area contributed by atoms with Gasteiger partial charge < -0.3 is 9.80 Å². The number of hydrogen-bond donors (Lipinski definition) is 0. The molecule has 114 valence electrons. The van der Waals surface area contributed by atoms with Crippen molar-refractivity contribution >= 4 is 11.7 Å². The monoisotopic (exact) mass is 296 g/mol. The van der Waals surface area contributed by atoms with Crippen LogP contribution in [0.5, 0.6) is 0 Å². The molecule has 1 fully saturated rings. The molecule has 1 saturated heterocycles. The molecule has 1 aromatic heterocycles. The molecule has 2 heterocycles. The van der Waals surface area contributed by atoms with Gasteiger partial charge in [-0.05, 0) is 30.9 Å². The molecule has 2 aliphatic rings.